The molecule has 0 aliphatic carbocycles. The summed E-state index contributed by atoms with van der Waals surface area (Å²) < 4.78 is 5.49. The maximum Gasteiger partial charge on any atom is 0.321 e. The molecule has 2 rings (SSSR count). The van der Waals surface area contributed by atoms with Crippen LogP contribution in [0.4, 0.5) is 16.2 Å². The molecular formula is C13H17N3O3. The van der Waals surface area contributed by atoms with E-state index < -0.39 is 0 Å². The summed E-state index contributed by atoms with van der Waals surface area (Å²) in [6, 6.07) is 5.04. The van der Waals surface area contributed by atoms with Crippen molar-refractivity contribution in [2.24, 2.45) is 0 Å². The van der Waals surface area contributed by atoms with Gasteiger partial charge in [0.1, 0.15) is 12.4 Å². The number of urea groups is 1. The minimum absolute atomic E-state index is 0.0411. The van der Waals surface area contributed by atoms with E-state index in [0.29, 0.717) is 30.3 Å². The number of fused-ring (bicyclic) bond motifs is 1. The van der Waals surface area contributed by atoms with Gasteiger partial charge in [-0.3, -0.25) is 4.79 Å². The van der Waals surface area contributed by atoms with Crippen molar-refractivity contribution in [1.29, 1.82) is 0 Å². The summed E-state index contributed by atoms with van der Waals surface area (Å²) in [5, 5.41) is 2.74. The highest BCUT2D eigenvalue weighted by atomic mass is 16.5. The fourth-order valence-electron chi connectivity index (χ4n) is 1.86. The molecule has 1 N–H and O–H groups in total. The van der Waals surface area contributed by atoms with Gasteiger partial charge in [0.15, 0.2) is 0 Å². The third kappa shape index (κ3) is 2.78. The minimum Gasteiger partial charge on any atom is -0.490 e. The van der Waals surface area contributed by atoms with Crippen molar-refractivity contribution in [2.75, 3.05) is 37.5 Å². The zero-order valence-electron chi connectivity index (χ0n) is 11.3. The maximum absolute atomic E-state index is 11.6. The van der Waals surface area contributed by atoms with Crippen LogP contribution in [0.3, 0.4) is 0 Å². The molecule has 1 aromatic carbocycles. The summed E-state index contributed by atoms with van der Waals surface area (Å²) in [7, 11) is 3.33. The van der Waals surface area contributed by atoms with Gasteiger partial charge in [0.05, 0.1) is 12.2 Å². The second-order valence-electron chi connectivity index (χ2n) is 4.53. The molecule has 0 saturated heterocycles. The van der Waals surface area contributed by atoms with Crippen molar-refractivity contribution in [3.63, 3.8) is 0 Å². The predicted molar refractivity (Wildman–Crippen MR) is 72.7 cm³/mol. The Balaban J connectivity index is 2.28. The molecule has 0 radical (unpaired) electrons. The van der Waals surface area contributed by atoms with Crippen LogP contribution < -0.4 is 15.0 Å². The Morgan fingerprint density at radius 3 is 2.74 bits per heavy atom. The predicted octanol–water partition coefficient (Wildman–Crippen LogP) is 1.53. The van der Waals surface area contributed by atoms with Gasteiger partial charge in [0.2, 0.25) is 5.91 Å². The second-order valence-corrected chi connectivity index (χ2v) is 4.53. The monoisotopic (exact) mass is 263 g/mol. The van der Waals surface area contributed by atoms with Crippen molar-refractivity contribution in [3.05, 3.63) is 18.2 Å². The summed E-state index contributed by atoms with van der Waals surface area (Å²) >= 11 is 0. The van der Waals surface area contributed by atoms with Gasteiger partial charge in [-0.05, 0) is 18.2 Å². The van der Waals surface area contributed by atoms with E-state index >= 15 is 0 Å². The third-order valence-corrected chi connectivity index (χ3v) is 2.86. The smallest absolute Gasteiger partial charge is 0.321 e. The van der Waals surface area contributed by atoms with Gasteiger partial charge in [-0.2, -0.15) is 0 Å². The summed E-state index contributed by atoms with van der Waals surface area (Å²) in [5.74, 6) is 0.616. The van der Waals surface area contributed by atoms with E-state index in [-0.39, 0.29) is 11.9 Å². The van der Waals surface area contributed by atoms with Gasteiger partial charge in [0.25, 0.3) is 0 Å². The van der Waals surface area contributed by atoms with E-state index in [1.807, 2.05) is 0 Å². The molecule has 0 unspecified atom stereocenters. The number of carbonyl (C=O) groups is 2. The van der Waals surface area contributed by atoms with Gasteiger partial charge < -0.3 is 19.9 Å². The quantitative estimate of drug-likeness (QED) is 0.835. The van der Waals surface area contributed by atoms with Gasteiger partial charge in [-0.15, -0.1) is 0 Å². The van der Waals surface area contributed by atoms with Gasteiger partial charge in [0, 0.05) is 26.7 Å². The van der Waals surface area contributed by atoms with Crippen LogP contribution in [-0.2, 0) is 4.79 Å². The van der Waals surface area contributed by atoms with Crippen LogP contribution in [0.1, 0.15) is 6.92 Å². The highest BCUT2D eigenvalue weighted by Gasteiger charge is 2.21. The molecule has 0 atom stereocenters. The lowest BCUT2D eigenvalue weighted by Gasteiger charge is -2.29. The lowest BCUT2D eigenvalue weighted by atomic mass is 10.2. The fraction of sp³-hybridized carbons (Fsp3) is 0.385. The van der Waals surface area contributed by atoms with E-state index in [0.717, 1.165) is 0 Å². The number of carbonyl (C=O) groups excluding carboxylic acids is 2. The highest BCUT2D eigenvalue weighted by molar-refractivity contribution is 5.96. The Labute approximate surface area is 111 Å². The Morgan fingerprint density at radius 2 is 2.11 bits per heavy atom. The van der Waals surface area contributed by atoms with Gasteiger partial charge in [-0.25, -0.2) is 4.79 Å². The summed E-state index contributed by atoms with van der Waals surface area (Å²) in [4.78, 5) is 26.3. The number of amides is 3. The minimum atomic E-state index is -0.217. The van der Waals surface area contributed by atoms with Crippen molar-refractivity contribution >= 4 is 23.3 Å². The van der Waals surface area contributed by atoms with Gasteiger partial charge in [-0.1, -0.05) is 0 Å². The molecule has 102 valence electrons. The molecule has 6 nitrogen and oxygen atoms in total. The van der Waals surface area contributed by atoms with Crippen LogP contribution in [0.25, 0.3) is 0 Å². The van der Waals surface area contributed by atoms with Crippen LogP contribution in [-0.4, -0.2) is 44.1 Å². The standard InChI is InChI=1S/C13H17N3O3/c1-9(17)16-6-7-19-12-5-4-10(8-11(12)16)14-13(18)15(2)3/h4-5,8H,6-7H2,1-3H3,(H,14,18). The first-order valence-corrected chi connectivity index (χ1v) is 6.02. The fourth-order valence-corrected chi connectivity index (χ4v) is 1.86. The molecule has 0 fully saturated rings. The van der Waals surface area contributed by atoms with Crippen LogP contribution in [0.15, 0.2) is 18.2 Å². The van der Waals surface area contributed by atoms with E-state index in [1.54, 1.807) is 37.2 Å². The zero-order valence-corrected chi connectivity index (χ0v) is 11.3. The number of rotatable bonds is 1. The molecule has 0 bridgehead atoms. The normalized spacial score (nSPS) is 13.3. The Kier molecular flexibility index (Phi) is 3.59. The molecule has 0 saturated carbocycles. The van der Waals surface area contributed by atoms with Crippen molar-refractivity contribution in [1.82, 2.24) is 4.90 Å². The maximum atomic E-state index is 11.6. The largest absolute Gasteiger partial charge is 0.490 e. The lowest BCUT2D eigenvalue weighted by molar-refractivity contribution is -0.116. The molecule has 1 aliphatic rings. The Bertz CT molecular complexity index is 514. The number of hydrogen-bond acceptors (Lipinski definition) is 3. The van der Waals surface area contributed by atoms with Gasteiger partial charge >= 0.3 is 6.03 Å². The van der Waals surface area contributed by atoms with Crippen molar-refractivity contribution < 1.29 is 14.3 Å². The molecule has 1 aliphatic heterocycles. The molecule has 19 heavy (non-hydrogen) atoms. The van der Waals surface area contributed by atoms with Crippen molar-refractivity contribution in [3.8, 4) is 5.75 Å². The van der Waals surface area contributed by atoms with Crippen LogP contribution in [0.5, 0.6) is 5.75 Å². The van der Waals surface area contributed by atoms with E-state index in [9.17, 15) is 9.59 Å². The SMILES string of the molecule is CC(=O)N1CCOc2ccc(NC(=O)N(C)C)cc21. The Hall–Kier alpha value is -2.24. The number of ether oxygens (including phenoxy) is 1. The summed E-state index contributed by atoms with van der Waals surface area (Å²) in [6.07, 6.45) is 0. The first kappa shape index (κ1) is 13.2. The summed E-state index contributed by atoms with van der Waals surface area (Å²) in [6.45, 7) is 2.52. The third-order valence-electron chi connectivity index (χ3n) is 2.86. The molecular weight excluding hydrogens is 246 g/mol. The number of nitrogens with zero attached hydrogens (tertiary/aromatic N) is 2. The number of anilines is 2. The van der Waals surface area contributed by atoms with E-state index in [2.05, 4.69) is 5.32 Å². The molecule has 1 aromatic rings. The van der Waals surface area contributed by atoms with Crippen LogP contribution in [0, 0.1) is 0 Å². The number of nitrogens with one attached hydrogen (secondary N) is 1. The molecule has 0 aromatic heterocycles. The molecule has 0 spiro atoms. The average Bonchev–Trinajstić information content (AvgIpc) is 2.37. The highest BCUT2D eigenvalue weighted by Crippen LogP contribution is 2.34. The molecule has 1 heterocycles. The first-order chi connectivity index (χ1) is 8.99. The topological polar surface area (TPSA) is 61.9 Å². The Morgan fingerprint density at radius 1 is 1.37 bits per heavy atom. The zero-order chi connectivity index (χ0) is 14.0. The number of hydrogen-bond donors (Lipinski definition) is 1. The van der Waals surface area contributed by atoms with E-state index in [1.165, 1.54) is 11.8 Å². The second kappa shape index (κ2) is 5.17. The number of benzene rings is 1. The lowest BCUT2D eigenvalue weighted by Crippen LogP contribution is -2.36. The van der Waals surface area contributed by atoms with Crippen molar-refractivity contribution in [2.45, 2.75) is 6.92 Å². The first-order valence-electron chi connectivity index (χ1n) is 6.02. The van der Waals surface area contributed by atoms with Crippen LogP contribution in [0.2, 0.25) is 0 Å². The molecule has 3 amide bonds. The van der Waals surface area contributed by atoms with E-state index in [4.69, 9.17) is 4.74 Å². The van der Waals surface area contributed by atoms with Crippen LogP contribution >= 0.6 is 0 Å². The molecule has 6 heteroatoms. The average molecular weight is 263 g/mol. The summed E-state index contributed by atoms with van der Waals surface area (Å²) in [5.41, 5.74) is 1.32.